The zero-order valence-corrected chi connectivity index (χ0v) is 21.4. The van der Waals surface area contributed by atoms with Crippen molar-refractivity contribution in [2.24, 2.45) is 7.05 Å². The Morgan fingerprint density at radius 2 is 1.54 bits per heavy atom. The molecule has 9 heteroatoms. The molecule has 2 heterocycles. The van der Waals surface area contributed by atoms with Crippen molar-refractivity contribution in [3.05, 3.63) is 94.0 Å². The van der Waals surface area contributed by atoms with Gasteiger partial charge in [0.1, 0.15) is 5.57 Å². The molecule has 1 aromatic heterocycles. The number of benzene rings is 3. The van der Waals surface area contributed by atoms with E-state index >= 15 is 0 Å². The van der Waals surface area contributed by atoms with Crippen molar-refractivity contribution < 1.29 is 9.59 Å². The average molecular weight is 538 g/mol. The third-order valence-electron chi connectivity index (χ3n) is 5.59. The van der Waals surface area contributed by atoms with Gasteiger partial charge in [-0.15, -0.1) is 0 Å². The molecule has 174 valence electrons. The molecule has 1 aliphatic heterocycles. The highest BCUT2D eigenvalue weighted by Gasteiger charge is 2.35. The minimum atomic E-state index is -0.541. The van der Waals surface area contributed by atoms with E-state index in [2.05, 4.69) is 5.32 Å². The van der Waals surface area contributed by atoms with Crippen LogP contribution in [-0.4, -0.2) is 21.5 Å². The maximum atomic E-state index is 13.5. The van der Waals surface area contributed by atoms with Crippen LogP contribution in [0.15, 0.2) is 88.3 Å². The smallest absolute Gasteiger partial charge is 0.270 e. The fourth-order valence-corrected chi connectivity index (χ4v) is 5.45. The molecule has 35 heavy (non-hydrogen) atoms. The van der Waals surface area contributed by atoms with Crippen LogP contribution in [0.3, 0.4) is 0 Å². The maximum absolute atomic E-state index is 13.5. The molecule has 1 fully saturated rings. The zero-order valence-electron chi connectivity index (χ0n) is 18.3. The first-order chi connectivity index (χ1) is 16.8. The number of hydrogen-bond acceptors (Lipinski definition) is 4. The van der Waals surface area contributed by atoms with Crippen LogP contribution >= 0.6 is 47.2 Å². The van der Waals surface area contributed by atoms with E-state index in [0.717, 1.165) is 26.4 Å². The summed E-state index contributed by atoms with van der Waals surface area (Å²) in [4.78, 5) is 28.7. The van der Waals surface area contributed by atoms with Gasteiger partial charge >= 0.3 is 0 Å². The average Bonchev–Trinajstić information content (AvgIpc) is 3.10. The number of anilines is 1. The molecule has 0 saturated carbocycles. The Morgan fingerprint density at radius 1 is 0.914 bits per heavy atom. The number of aryl methyl sites for hydroxylation is 1. The molecule has 1 aliphatic rings. The summed E-state index contributed by atoms with van der Waals surface area (Å²) in [5.74, 6) is -1.04. The number of halogens is 2. The predicted molar refractivity (Wildman–Crippen MR) is 146 cm³/mol. The van der Waals surface area contributed by atoms with Gasteiger partial charge in [0, 0.05) is 38.5 Å². The van der Waals surface area contributed by atoms with Crippen LogP contribution in [-0.2, 0) is 16.6 Å². The lowest BCUT2D eigenvalue weighted by Gasteiger charge is -2.29. The van der Waals surface area contributed by atoms with Gasteiger partial charge < -0.3 is 4.57 Å². The molecule has 0 radical (unpaired) electrons. The number of para-hydroxylation sites is 1. The summed E-state index contributed by atoms with van der Waals surface area (Å²) < 4.78 is 2.05. The molecule has 5 rings (SSSR count). The van der Waals surface area contributed by atoms with E-state index in [-0.39, 0.29) is 10.7 Å². The van der Waals surface area contributed by atoms with Gasteiger partial charge in [-0.3, -0.25) is 19.8 Å². The van der Waals surface area contributed by atoms with Gasteiger partial charge in [-0.05, 0) is 72.9 Å². The Morgan fingerprint density at radius 3 is 2.23 bits per heavy atom. The van der Waals surface area contributed by atoms with E-state index < -0.39 is 11.8 Å². The van der Waals surface area contributed by atoms with Crippen molar-refractivity contribution in [3.8, 4) is 0 Å². The number of aromatic nitrogens is 1. The second-order valence-electron chi connectivity index (χ2n) is 7.79. The van der Waals surface area contributed by atoms with Gasteiger partial charge in [-0.25, -0.2) is 0 Å². The number of thiocarbonyl (C=S) groups is 1. The molecule has 0 atom stereocenters. The molecule has 0 bridgehead atoms. The molecule has 0 unspecified atom stereocenters. The topological polar surface area (TPSA) is 54.3 Å². The molecule has 2 amide bonds. The molecule has 4 aromatic rings. The molecular weight excluding hydrogens is 521 g/mol. The number of nitrogens with zero attached hydrogens (tertiary/aromatic N) is 2. The Kier molecular flexibility index (Phi) is 6.42. The number of carbonyl (C=O) groups excluding carboxylic acids is 2. The molecule has 1 saturated heterocycles. The maximum Gasteiger partial charge on any atom is 0.270 e. The van der Waals surface area contributed by atoms with Crippen LogP contribution < -0.4 is 10.2 Å². The summed E-state index contributed by atoms with van der Waals surface area (Å²) >= 11 is 18.9. The number of carbonyl (C=O) groups is 2. The first-order valence-corrected chi connectivity index (χ1v) is 12.5. The van der Waals surface area contributed by atoms with Crippen molar-refractivity contribution in [2.45, 2.75) is 9.92 Å². The minimum Gasteiger partial charge on any atom is -0.338 e. The lowest BCUT2D eigenvalue weighted by molar-refractivity contribution is -0.122. The number of nitrogens with one attached hydrogen (secondary N) is 1. The summed E-state index contributed by atoms with van der Waals surface area (Å²) in [6.07, 6.45) is 1.64. The Hall–Kier alpha value is -3.10. The van der Waals surface area contributed by atoms with E-state index in [4.69, 9.17) is 35.4 Å². The van der Waals surface area contributed by atoms with Crippen molar-refractivity contribution in [1.29, 1.82) is 0 Å². The molecule has 0 aliphatic carbocycles. The van der Waals surface area contributed by atoms with Crippen LogP contribution in [0, 0.1) is 0 Å². The van der Waals surface area contributed by atoms with E-state index in [1.165, 1.54) is 16.7 Å². The van der Waals surface area contributed by atoms with Gasteiger partial charge in [-0.2, -0.15) is 0 Å². The predicted octanol–water partition coefficient (Wildman–Crippen LogP) is 6.47. The highest BCUT2D eigenvalue weighted by Crippen LogP contribution is 2.38. The summed E-state index contributed by atoms with van der Waals surface area (Å²) in [6.45, 7) is 0. The van der Waals surface area contributed by atoms with Crippen molar-refractivity contribution in [3.63, 3.8) is 0 Å². The van der Waals surface area contributed by atoms with Crippen LogP contribution in [0.4, 0.5) is 5.69 Å². The largest absolute Gasteiger partial charge is 0.338 e. The fourth-order valence-electron chi connectivity index (χ4n) is 3.90. The number of rotatable bonds is 4. The normalized spacial score (nSPS) is 15.2. The van der Waals surface area contributed by atoms with Gasteiger partial charge in [-0.1, -0.05) is 53.2 Å². The second-order valence-corrected chi connectivity index (χ2v) is 10.1. The lowest BCUT2D eigenvalue weighted by atomic mass is 10.1. The van der Waals surface area contributed by atoms with Crippen molar-refractivity contribution >= 4 is 86.8 Å². The lowest BCUT2D eigenvalue weighted by Crippen LogP contribution is -2.54. The SMILES string of the molecule is Cn1c(Sc2ccc(Cl)cc2)c(C=C2C(=O)NC(=S)N(c3ccc(Cl)cc3)C2=O)c2ccccc21. The third-order valence-corrected chi connectivity index (χ3v) is 7.58. The number of fused-ring (bicyclic) bond motifs is 1. The van der Waals surface area contributed by atoms with E-state index in [1.54, 1.807) is 30.3 Å². The molecular formula is C26H17Cl2N3O2S2. The first-order valence-electron chi connectivity index (χ1n) is 10.5. The van der Waals surface area contributed by atoms with Crippen LogP contribution in [0.25, 0.3) is 17.0 Å². The molecule has 5 nitrogen and oxygen atoms in total. The van der Waals surface area contributed by atoms with E-state index in [0.29, 0.717) is 15.7 Å². The molecule has 1 N–H and O–H groups in total. The second kappa shape index (κ2) is 9.51. The fraction of sp³-hybridized carbons (Fsp3) is 0.0385. The standard InChI is InChI=1S/C26H17Cl2N3O2S2/c1-30-22-5-3-2-4-19(22)20(25(30)35-18-12-8-16(28)9-13-18)14-21-23(32)29-26(34)31(24(21)33)17-10-6-15(27)7-11-17/h2-14H,1H3,(H,29,32,34). The van der Waals surface area contributed by atoms with Gasteiger partial charge in [0.05, 0.1) is 10.7 Å². The first kappa shape index (κ1) is 23.6. The molecule has 3 aromatic carbocycles. The monoisotopic (exact) mass is 537 g/mol. The highest BCUT2D eigenvalue weighted by molar-refractivity contribution is 7.99. The highest BCUT2D eigenvalue weighted by atomic mass is 35.5. The quantitative estimate of drug-likeness (QED) is 0.184. The zero-order chi connectivity index (χ0) is 24.7. The van der Waals surface area contributed by atoms with Crippen molar-refractivity contribution in [2.75, 3.05) is 4.90 Å². The Bertz CT molecular complexity index is 1530. The number of amides is 2. The van der Waals surface area contributed by atoms with Crippen LogP contribution in [0.2, 0.25) is 10.0 Å². The van der Waals surface area contributed by atoms with Crippen LogP contribution in [0.5, 0.6) is 0 Å². The van der Waals surface area contributed by atoms with E-state index in [9.17, 15) is 9.59 Å². The Balaban J connectivity index is 1.64. The third kappa shape index (κ3) is 4.48. The van der Waals surface area contributed by atoms with Crippen LogP contribution in [0.1, 0.15) is 5.56 Å². The summed E-state index contributed by atoms with van der Waals surface area (Å²) in [7, 11) is 1.96. The molecule has 0 spiro atoms. The van der Waals surface area contributed by atoms with Gasteiger partial charge in [0.15, 0.2) is 5.11 Å². The van der Waals surface area contributed by atoms with Gasteiger partial charge in [0.25, 0.3) is 11.8 Å². The minimum absolute atomic E-state index is 0.0112. The van der Waals surface area contributed by atoms with E-state index in [1.807, 2.05) is 60.1 Å². The van der Waals surface area contributed by atoms with Gasteiger partial charge in [0.2, 0.25) is 0 Å². The summed E-state index contributed by atoms with van der Waals surface area (Å²) in [5.41, 5.74) is 2.25. The summed E-state index contributed by atoms with van der Waals surface area (Å²) in [5, 5.41) is 5.65. The number of hydrogen-bond donors (Lipinski definition) is 1. The van der Waals surface area contributed by atoms with Crippen molar-refractivity contribution in [1.82, 2.24) is 9.88 Å². The Labute approximate surface area is 221 Å². The summed E-state index contributed by atoms with van der Waals surface area (Å²) in [6, 6.07) is 22.1.